The van der Waals surface area contributed by atoms with Gasteiger partial charge in [-0.3, -0.25) is 24.1 Å². The average Bonchev–Trinajstić information content (AvgIpc) is 3.09. The molecule has 2 atom stereocenters. The zero-order chi connectivity index (χ0) is 24.2. The van der Waals surface area contributed by atoms with Crippen molar-refractivity contribution in [3.8, 4) is 0 Å². The largest absolute Gasteiger partial charge is 0.452 e. The lowest BCUT2D eigenvalue weighted by Gasteiger charge is -2.15. The van der Waals surface area contributed by atoms with Gasteiger partial charge in [-0.05, 0) is 61.4 Å². The number of amides is 4. The molecule has 2 aromatic rings. The van der Waals surface area contributed by atoms with Crippen LogP contribution in [0.3, 0.4) is 0 Å². The first kappa shape index (κ1) is 22.9. The minimum atomic E-state index is -0.709. The number of nitrogens with one attached hydrogen (secondary N) is 2. The fourth-order valence-electron chi connectivity index (χ4n) is 4.05. The fraction of sp³-hybridized carbons (Fsp3) is 0.240. The van der Waals surface area contributed by atoms with Crippen LogP contribution in [0.4, 0.5) is 17.1 Å². The van der Waals surface area contributed by atoms with E-state index >= 15 is 0 Å². The molecule has 1 aliphatic heterocycles. The van der Waals surface area contributed by atoms with Crippen molar-refractivity contribution < 1.29 is 28.7 Å². The van der Waals surface area contributed by atoms with Crippen LogP contribution in [0.2, 0.25) is 0 Å². The van der Waals surface area contributed by atoms with Crippen molar-refractivity contribution in [2.75, 3.05) is 22.1 Å². The summed E-state index contributed by atoms with van der Waals surface area (Å²) in [5, 5.41) is 5.21. The molecule has 1 fully saturated rings. The molecule has 0 radical (unpaired) electrons. The lowest BCUT2D eigenvalue weighted by molar-refractivity contribution is -0.122. The summed E-state index contributed by atoms with van der Waals surface area (Å²) < 4.78 is 5.06. The van der Waals surface area contributed by atoms with Gasteiger partial charge in [0.15, 0.2) is 6.61 Å². The molecule has 2 aromatic carbocycles. The maximum Gasteiger partial charge on any atom is 0.338 e. The number of benzene rings is 2. The number of fused-ring (bicyclic) bond motifs is 1. The molecular weight excluding hydrogens is 438 g/mol. The van der Waals surface area contributed by atoms with E-state index in [2.05, 4.69) is 10.6 Å². The highest BCUT2D eigenvalue weighted by Crippen LogP contribution is 2.37. The molecule has 2 aliphatic rings. The molecule has 1 aliphatic carbocycles. The van der Waals surface area contributed by atoms with Gasteiger partial charge in [0, 0.05) is 18.3 Å². The summed E-state index contributed by atoms with van der Waals surface area (Å²) in [4.78, 5) is 62.0. The molecule has 0 bridgehead atoms. The molecule has 4 rings (SSSR count). The first-order chi connectivity index (χ1) is 16.3. The highest BCUT2D eigenvalue weighted by atomic mass is 16.5. The molecule has 2 N–H and O–H groups in total. The average molecular weight is 461 g/mol. The van der Waals surface area contributed by atoms with Gasteiger partial charge < -0.3 is 15.4 Å². The zero-order valence-electron chi connectivity index (χ0n) is 18.4. The summed E-state index contributed by atoms with van der Waals surface area (Å²) in [5.74, 6) is -2.55. The number of esters is 1. The summed E-state index contributed by atoms with van der Waals surface area (Å²) in [5.41, 5.74) is 1.67. The predicted molar refractivity (Wildman–Crippen MR) is 124 cm³/mol. The lowest BCUT2D eigenvalue weighted by Crippen LogP contribution is -2.30. The van der Waals surface area contributed by atoms with Crippen LogP contribution in [0.25, 0.3) is 0 Å². The summed E-state index contributed by atoms with van der Waals surface area (Å²) in [6, 6.07) is 12.4. The smallest absolute Gasteiger partial charge is 0.338 e. The van der Waals surface area contributed by atoms with Crippen LogP contribution in [0.5, 0.6) is 0 Å². The summed E-state index contributed by atoms with van der Waals surface area (Å²) in [6.45, 7) is 0.903. The molecule has 0 unspecified atom stereocenters. The Morgan fingerprint density at radius 1 is 0.853 bits per heavy atom. The van der Waals surface area contributed by atoms with Crippen LogP contribution in [-0.4, -0.2) is 36.2 Å². The Hall–Kier alpha value is -4.27. The number of ether oxygens (including phenoxy) is 1. The molecule has 0 saturated carbocycles. The summed E-state index contributed by atoms with van der Waals surface area (Å²) in [6.07, 6.45) is 4.95. The van der Waals surface area contributed by atoms with Crippen LogP contribution in [0.15, 0.2) is 60.7 Å². The number of allylic oxidation sites excluding steroid dienone is 2. The SMILES string of the molecule is CC(=O)Nc1ccc(NC(=O)COC(=O)c2ccc(N3C(=O)[C@@H]4CC=CC[C@H]4C3=O)cc2)cc1. The number of carbonyl (C=O) groups excluding carboxylic acids is 5. The molecule has 1 heterocycles. The third-order valence-electron chi connectivity index (χ3n) is 5.69. The molecule has 34 heavy (non-hydrogen) atoms. The van der Waals surface area contributed by atoms with E-state index in [0.29, 0.717) is 29.9 Å². The van der Waals surface area contributed by atoms with Crippen molar-refractivity contribution >= 4 is 46.7 Å². The first-order valence-electron chi connectivity index (χ1n) is 10.8. The van der Waals surface area contributed by atoms with E-state index in [9.17, 15) is 24.0 Å². The molecule has 174 valence electrons. The van der Waals surface area contributed by atoms with Crippen LogP contribution in [0.1, 0.15) is 30.1 Å². The minimum Gasteiger partial charge on any atom is -0.452 e. The van der Waals surface area contributed by atoms with Gasteiger partial charge in [0.2, 0.25) is 17.7 Å². The third-order valence-corrected chi connectivity index (χ3v) is 5.69. The zero-order valence-corrected chi connectivity index (χ0v) is 18.4. The Labute approximate surface area is 195 Å². The maximum atomic E-state index is 12.7. The molecule has 4 amide bonds. The van der Waals surface area contributed by atoms with Gasteiger partial charge in [-0.25, -0.2) is 4.79 Å². The van der Waals surface area contributed by atoms with E-state index in [0.717, 1.165) is 0 Å². The van der Waals surface area contributed by atoms with Gasteiger partial charge in [-0.15, -0.1) is 0 Å². The van der Waals surface area contributed by atoms with Crippen molar-refractivity contribution in [3.63, 3.8) is 0 Å². The molecule has 1 saturated heterocycles. The Kier molecular flexibility index (Phi) is 6.53. The van der Waals surface area contributed by atoms with Gasteiger partial charge in [-0.1, -0.05) is 12.2 Å². The fourth-order valence-corrected chi connectivity index (χ4v) is 4.05. The number of imide groups is 1. The maximum absolute atomic E-state index is 12.7. The second kappa shape index (κ2) is 9.70. The number of rotatable bonds is 6. The Morgan fingerprint density at radius 2 is 1.38 bits per heavy atom. The van der Waals surface area contributed by atoms with E-state index < -0.39 is 18.5 Å². The van der Waals surface area contributed by atoms with E-state index in [1.54, 1.807) is 24.3 Å². The van der Waals surface area contributed by atoms with Crippen molar-refractivity contribution in [2.24, 2.45) is 11.8 Å². The number of anilines is 3. The topological polar surface area (TPSA) is 122 Å². The van der Waals surface area contributed by atoms with Crippen molar-refractivity contribution in [2.45, 2.75) is 19.8 Å². The Bertz CT molecular complexity index is 1140. The molecule has 9 nitrogen and oxygen atoms in total. The van der Waals surface area contributed by atoms with Gasteiger partial charge in [0.05, 0.1) is 23.1 Å². The van der Waals surface area contributed by atoms with Crippen LogP contribution < -0.4 is 15.5 Å². The summed E-state index contributed by atoms with van der Waals surface area (Å²) in [7, 11) is 0. The first-order valence-corrected chi connectivity index (χ1v) is 10.8. The minimum absolute atomic E-state index is 0.189. The van der Waals surface area contributed by atoms with Crippen molar-refractivity contribution in [3.05, 3.63) is 66.2 Å². The predicted octanol–water partition coefficient (Wildman–Crippen LogP) is 2.90. The number of carbonyl (C=O) groups is 5. The van der Waals surface area contributed by atoms with E-state index in [1.165, 1.54) is 36.1 Å². The monoisotopic (exact) mass is 461 g/mol. The van der Waals surface area contributed by atoms with Crippen LogP contribution in [-0.2, 0) is 23.9 Å². The van der Waals surface area contributed by atoms with Crippen molar-refractivity contribution in [1.82, 2.24) is 0 Å². The molecular formula is C25H23N3O6. The van der Waals surface area contributed by atoms with Crippen LogP contribution in [0, 0.1) is 11.8 Å². The quantitative estimate of drug-likeness (QED) is 0.388. The van der Waals surface area contributed by atoms with Crippen LogP contribution >= 0.6 is 0 Å². The van der Waals surface area contributed by atoms with E-state index in [1.807, 2.05) is 12.2 Å². The standard InChI is InChI=1S/C25H23N3O6/c1-15(29)26-17-8-10-18(11-9-17)27-22(30)14-34-25(33)16-6-12-19(13-7-16)28-23(31)20-4-2-3-5-21(20)24(28)32/h2-3,6-13,20-21H,4-5,14H2,1H3,(H,26,29)(H,27,30)/t20-,21-/m1/s1. The Morgan fingerprint density at radius 3 is 1.91 bits per heavy atom. The van der Waals surface area contributed by atoms with E-state index in [4.69, 9.17) is 4.74 Å². The van der Waals surface area contributed by atoms with Gasteiger partial charge >= 0.3 is 5.97 Å². The Balaban J connectivity index is 1.31. The second-order valence-electron chi connectivity index (χ2n) is 8.10. The second-order valence-corrected chi connectivity index (χ2v) is 8.10. The lowest BCUT2D eigenvalue weighted by atomic mass is 9.85. The van der Waals surface area contributed by atoms with Gasteiger partial charge in [-0.2, -0.15) is 0 Å². The highest BCUT2D eigenvalue weighted by Gasteiger charge is 2.47. The van der Waals surface area contributed by atoms with E-state index in [-0.39, 0.29) is 35.1 Å². The number of nitrogens with zero attached hydrogens (tertiary/aromatic N) is 1. The number of hydrogen-bond acceptors (Lipinski definition) is 6. The van der Waals surface area contributed by atoms with Crippen molar-refractivity contribution in [1.29, 1.82) is 0 Å². The van der Waals surface area contributed by atoms with Gasteiger partial charge in [0.1, 0.15) is 0 Å². The number of hydrogen-bond donors (Lipinski definition) is 2. The normalized spacial score (nSPS) is 18.9. The molecule has 9 heteroatoms. The third kappa shape index (κ3) is 4.88. The highest BCUT2D eigenvalue weighted by molar-refractivity contribution is 6.22. The van der Waals surface area contributed by atoms with Gasteiger partial charge in [0.25, 0.3) is 5.91 Å². The summed E-state index contributed by atoms with van der Waals surface area (Å²) >= 11 is 0. The molecule has 0 spiro atoms. The molecule has 0 aromatic heterocycles.